The predicted molar refractivity (Wildman–Crippen MR) is 82.7 cm³/mol. The lowest BCUT2D eigenvalue weighted by molar-refractivity contribution is -0.384. The summed E-state index contributed by atoms with van der Waals surface area (Å²) in [5.74, 6) is 0.288. The number of non-ortho nitro benzene ring substituents is 1. The fourth-order valence-corrected chi connectivity index (χ4v) is 2.80. The Morgan fingerprint density at radius 1 is 1.45 bits per heavy atom. The van der Waals surface area contributed by atoms with Gasteiger partial charge in [-0.3, -0.25) is 10.1 Å². The van der Waals surface area contributed by atoms with Gasteiger partial charge in [0.2, 0.25) is 0 Å². The molecule has 0 radical (unpaired) electrons. The third-order valence-electron chi connectivity index (χ3n) is 4.14. The van der Waals surface area contributed by atoms with Crippen molar-refractivity contribution in [3.8, 4) is 6.07 Å². The van der Waals surface area contributed by atoms with E-state index < -0.39 is 4.92 Å². The van der Waals surface area contributed by atoms with Crippen molar-refractivity contribution in [1.29, 1.82) is 5.26 Å². The molecule has 1 aliphatic rings. The Balaban J connectivity index is 2.16. The molecule has 1 N–H and O–H groups in total. The molecule has 2 rings (SSSR count). The van der Waals surface area contributed by atoms with Crippen LogP contribution in [0.5, 0.6) is 0 Å². The molecule has 1 saturated heterocycles. The minimum atomic E-state index is -0.439. The number of rotatable bonds is 4. The van der Waals surface area contributed by atoms with Gasteiger partial charge in [-0.25, -0.2) is 0 Å². The number of hydrogen-bond acceptors (Lipinski definition) is 5. The van der Waals surface area contributed by atoms with Gasteiger partial charge in [0.05, 0.1) is 22.8 Å². The molecule has 1 aromatic carbocycles. The Labute approximate surface area is 129 Å². The van der Waals surface area contributed by atoms with Crippen LogP contribution >= 0.6 is 0 Å². The second-order valence-corrected chi connectivity index (χ2v) is 5.53. The number of aliphatic hydroxyl groups is 1. The van der Waals surface area contributed by atoms with E-state index >= 15 is 0 Å². The van der Waals surface area contributed by atoms with Gasteiger partial charge in [-0.15, -0.1) is 0 Å². The maximum Gasteiger partial charge on any atom is 0.269 e. The summed E-state index contributed by atoms with van der Waals surface area (Å²) in [6.07, 6.45) is 2.90. The highest BCUT2D eigenvalue weighted by molar-refractivity contribution is 5.67. The number of nitrogens with zero attached hydrogens (tertiary/aromatic N) is 3. The maximum absolute atomic E-state index is 10.7. The van der Waals surface area contributed by atoms with E-state index in [9.17, 15) is 15.2 Å². The molecule has 1 atom stereocenters. The minimum absolute atomic E-state index is 0.0351. The first-order valence-corrected chi connectivity index (χ1v) is 7.30. The van der Waals surface area contributed by atoms with Crippen LogP contribution in [0.15, 0.2) is 30.3 Å². The Morgan fingerprint density at radius 2 is 2.05 bits per heavy atom. The standard InChI is InChI=1S/C16H19N3O3/c1-12(20)13-7-10-18(11-8-13)16(6-9-17)14-2-4-15(5-3-14)19(21)22/h2-6,12-13,20H,7-8,10-11H2,1H3/b16-6+. The van der Waals surface area contributed by atoms with Gasteiger partial charge in [-0.2, -0.15) is 5.26 Å². The summed E-state index contributed by atoms with van der Waals surface area (Å²) in [5.41, 5.74) is 1.61. The van der Waals surface area contributed by atoms with Crippen molar-refractivity contribution in [2.45, 2.75) is 25.9 Å². The number of nitriles is 1. The summed E-state index contributed by atoms with van der Waals surface area (Å²) >= 11 is 0. The Morgan fingerprint density at radius 3 is 2.50 bits per heavy atom. The van der Waals surface area contributed by atoms with Crippen LogP contribution in [-0.2, 0) is 0 Å². The van der Waals surface area contributed by atoms with Crippen molar-refractivity contribution in [1.82, 2.24) is 4.90 Å². The number of hydrogen-bond donors (Lipinski definition) is 1. The lowest BCUT2D eigenvalue weighted by Crippen LogP contribution is -2.36. The van der Waals surface area contributed by atoms with E-state index in [1.165, 1.54) is 18.2 Å². The number of allylic oxidation sites excluding steroid dienone is 1. The van der Waals surface area contributed by atoms with Gasteiger partial charge in [0, 0.05) is 31.3 Å². The molecule has 0 aromatic heterocycles. The van der Waals surface area contributed by atoms with Gasteiger partial charge in [-0.1, -0.05) is 0 Å². The summed E-state index contributed by atoms with van der Waals surface area (Å²) in [6, 6.07) is 8.28. The number of benzene rings is 1. The van der Waals surface area contributed by atoms with E-state index in [-0.39, 0.29) is 17.7 Å². The second kappa shape index (κ2) is 7.05. The van der Waals surface area contributed by atoms with E-state index in [0.29, 0.717) is 0 Å². The zero-order valence-electron chi connectivity index (χ0n) is 12.5. The first kappa shape index (κ1) is 16.0. The second-order valence-electron chi connectivity index (χ2n) is 5.53. The summed E-state index contributed by atoms with van der Waals surface area (Å²) < 4.78 is 0. The van der Waals surface area contributed by atoms with E-state index in [1.54, 1.807) is 12.1 Å². The highest BCUT2D eigenvalue weighted by atomic mass is 16.6. The van der Waals surface area contributed by atoms with E-state index in [0.717, 1.165) is 37.2 Å². The average Bonchev–Trinajstić information content (AvgIpc) is 2.53. The number of likely N-dealkylation sites (tertiary alicyclic amines) is 1. The summed E-state index contributed by atoms with van der Waals surface area (Å²) in [5, 5.41) is 29.4. The van der Waals surface area contributed by atoms with E-state index in [2.05, 4.69) is 4.90 Å². The van der Waals surface area contributed by atoms with Crippen LogP contribution < -0.4 is 0 Å². The molecule has 22 heavy (non-hydrogen) atoms. The summed E-state index contributed by atoms with van der Waals surface area (Å²) in [7, 11) is 0. The molecule has 0 aliphatic carbocycles. The van der Waals surface area contributed by atoms with Crippen LogP contribution in [0.4, 0.5) is 5.69 Å². The molecule has 6 nitrogen and oxygen atoms in total. The number of aliphatic hydroxyl groups excluding tert-OH is 1. The van der Waals surface area contributed by atoms with Crippen molar-refractivity contribution in [2.75, 3.05) is 13.1 Å². The molecule has 1 heterocycles. The van der Waals surface area contributed by atoms with E-state index in [1.807, 2.05) is 13.0 Å². The van der Waals surface area contributed by atoms with Gasteiger partial charge in [0.25, 0.3) is 5.69 Å². The van der Waals surface area contributed by atoms with Crippen molar-refractivity contribution in [3.63, 3.8) is 0 Å². The highest BCUT2D eigenvalue weighted by Gasteiger charge is 2.24. The molecular weight excluding hydrogens is 282 g/mol. The van der Waals surface area contributed by atoms with E-state index in [4.69, 9.17) is 5.26 Å². The van der Waals surface area contributed by atoms with Crippen LogP contribution in [-0.4, -0.2) is 34.1 Å². The molecule has 1 aromatic rings. The molecule has 1 fully saturated rings. The first-order valence-electron chi connectivity index (χ1n) is 7.30. The fraction of sp³-hybridized carbons (Fsp3) is 0.438. The highest BCUT2D eigenvalue weighted by Crippen LogP contribution is 2.28. The molecular formula is C16H19N3O3. The third kappa shape index (κ3) is 3.62. The van der Waals surface area contributed by atoms with Crippen molar-refractivity contribution >= 4 is 11.4 Å². The molecule has 6 heteroatoms. The first-order chi connectivity index (χ1) is 10.5. The molecule has 0 bridgehead atoms. The summed E-state index contributed by atoms with van der Waals surface area (Å²) in [6.45, 7) is 3.34. The molecule has 0 amide bonds. The maximum atomic E-state index is 10.7. The third-order valence-corrected chi connectivity index (χ3v) is 4.14. The average molecular weight is 301 g/mol. The lowest BCUT2D eigenvalue weighted by atomic mass is 9.91. The van der Waals surface area contributed by atoms with Gasteiger partial charge in [-0.05, 0) is 43.4 Å². The largest absolute Gasteiger partial charge is 0.393 e. The Bertz CT molecular complexity index is 594. The number of nitro groups is 1. The number of nitro benzene ring substituents is 1. The molecule has 0 spiro atoms. The number of piperidine rings is 1. The summed E-state index contributed by atoms with van der Waals surface area (Å²) in [4.78, 5) is 12.4. The quantitative estimate of drug-likeness (QED) is 0.524. The lowest BCUT2D eigenvalue weighted by Gasteiger charge is -2.36. The van der Waals surface area contributed by atoms with Crippen LogP contribution in [0.1, 0.15) is 25.3 Å². The van der Waals surface area contributed by atoms with Crippen LogP contribution in [0.25, 0.3) is 5.70 Å². The topological polar surface area (TPSA) is 90.4 Å². The van der Waals surface area contributed by atoms with Crippen molar-refractivity contribution in [3.05, 3.63) is 46.0 Å². The minimum Gasteiger partial charge on any atom is -0.393 e. The molecule has 1 unspecified atom stereocenters. The Kier molecular flexibility index (Phi) is 5.12. The van der Waals surface area contributed by atoms with Gasteiger partial charge in [0.1, 0.15) is 0 Å². The van der Waals surface area contributed by atoms with Gasteiger partial charge < -0.3 is 10.0 Å². The zero-order chi connectivity index (χ0) is 16.1. The molecule has 1 aliphatic heterocycles. The molecule has 0 saturated carbocycles. The molecule has 116 valence electrons. The predicted octanol–water partition coefficient (Wildman–Crippen LogP) is 2.55. The van der Waals surface area contributed by atoms with Crippen LogP contribution in [0.3, 0.4) is 0 Å². The van der Waals surface area contributed by atoms with Crippen LogP contribution in [0.2, 0.25) is 0 Å². The fourth-order valence-electron chi connectivity index (χ4n) is 2.80. The normalized spacial score (nSPS) is 17.9. The van der Waals surface area contributed by atoms with Crippen LogP contribution in [0, 0.1) is 27.4 Å². The monoisotopic (exact) mass is 301 g/mol. The van der Waals surface area contributed by atoms with Gasteiger partial charge in [0.15, 0.2) is 0 Å². The van der Waals surface area contributed by atoms with Crippen molar-refractivity contribution in [2.24, 2.45) is 5.92 Å². The zero-order valence-corrected chi connectivity index (χ0v) is 12.5. The SMILES string of the molecule is CC(O)C1CCN(/C(=C/C#N)c2ccc([N+](=O)[O-])cc2)CC1. The van der Waals surface area contributed by atoms with Gasteiger partial charge >= 0.3 is 0 Å². The smallest absolute Gasteiger partial charge is 0.269 e. The Hall–Kier alpha value is -2.39. The van der Waals surface area contributed by atoms with Crippen molar-refractivity contribution < 1.29 is 10.0 Å².